The molecule has 0 aromatic carbocycles. The van der Waals surface area contributed by atoms with Crippen LogP contribution in [0.2, 0.25) is 0 Å². The Labute approximate surface area is 121 Å². The molecule has 1 saturated carbocycles. The molecule has 4 nitrogen and oxygen atoms in total. The topological polar surface area (TPSA) is 63.6 Å². The molecule has 1 unspecified atom stereocenters. The third-order valence-electron chi connectivity index (χ3n) is 4.26. The highest BCUT2D eigenvalue weighted by atomic mass is 16.5. The van der Waals surface area contributed by atoms with Crippen LogP contribution in [0, 0.1) is 17.8 Å². The van der Waals surface area contributed by atoms with Crippen LogP contribution in [0.3, 0.4) is 0 Å². The molecule has 0 heterocycles. The van der Waals surface area contributed by atoms with Gasteiger partial charge in [-0.2, -0.15) is 0 Å². The number of unbranched alkanes of at least 4 members (excludes halogenated alkanes) is 1. The number of carboxylic acids is 1. The van der Waals surface area contributed by atoms with Crippen LogP contribution < -0.4 is 0 Å². The molecule has 0 aliphatic heterocycles. The minimum absolute atomic E-state index is 0.000327. The maximum absolute atomic E-state index is 12.2. The first kappa shape index (κ1) is 17.0. The maximum Gasteiger partial charge on any atom is 0.309 e. The quantitative estimate of drug-likeness (QED) is 0.725. The summed E-state index contributed by atoms with van der Waals surface area (Å²) in [5.41, 5.74) is 0. The average molecular weight is 284 g/mol. The lowest BCUT2D eigenvalue weighted by molar-refractivity contribution is -0.159. The number of carbonyl (C=O) groups excluding carboxylic acids is 1. The van der Waals surface area contributed by atoms with Gasteiger partial charge in [0, 0.05) is 0 Å². The van der Waals surface area contributed by atoms with Gasteiger partial charge in [0.25, 0.3) is 0 Å². The molecule has 1 fully saturated rings. The lowest BCUT2D eigenvalue weighted by Crippen LogP contribution is -2.31. The van der Waals surface area contributed by atoms with E-state index in [-0.39, 0.29) is 23.9 Å². The fraction of sp³-hybridized carbons (Fsp3) is 0.875. The Morgan fingerprint density at radius 3 is 2.15 bits per heavy atom. The number of carboxylic acid groups (broad SMARTS) is 1. The molecule has 1 N–H and O–H groups in total. The highest BCUT2D eigenvalue weighted by Gasteiger charge is 2.32. The van der Waals surface area contributed by atoms with E-state index in [0.29, 0.717) is 31.6 Å². The van der Waals surface area contributed by atoms with Crippen LogP contribution in [0.4, 0.5) is 0 Å². The predicted molar refractivity (Wildman–Crippen MR) is 77.3 cm³/mol. The molecule has 1 rings (SSSR count). The Balaban J connectivity index is 2.43. The maximum atomic E-state index is 12.2. The highest BCUT2D eigenvalue weighted by Crippen LogP contribution is 2.30. The molecule has 0 amide bonds. The van der Waals surface area contributed by atoms with Crippen molar-refractivity contribution in [1.29, 1.82) is 0 Å². The number of hydrogen-bond acceptors (Lipinski definition) is 3. The van der Waals surface area contributed by atoms with Gasteiger partial charge in [-0.3, -0.25) is 9.59 Å². The first-order valence-corrected chi connectivity index (χ1v) is 7.89. The van der Waals surface area contributed by atoms with Crippen molar-refractivity contribution in [2.75, 3.05) is 0 Å². The number of esters is 1. The first-order chi connectivity index (χ1) is 9.45. The van der Waals surface area contributed by atoms with Crippen LogP contribution in [0.5, 0.6) is 0 Å². The Bertz CT molecular complexity index is 316. The third kappa shape index (κ3) is 5.14. The normalized spacial score (nSPS) is 24.4. The molecule has 1 aliphatic carbocycles. The van der Waals surface area contributed by atoms with Gasteiger partial charge in [0.15, 0.2) is 0 Å². The molecule has 0 bridgehead atoms. The van der Waals surface area contributed by atoms with E-state index < -0.39 is 5.97 Å². The second-order valence-corrected chi connectivity index (χ2v) is 6.25. The lowest BCUT2D eigenvalue weighted by atomic mass is 9.82. The van der Waals surface area contributed by atoms with Gasteiger partial charge in [-0.15, -0.1) is 0 Å². The number of hydrogen-bond donors (Lipinski definition) is 1. The molecule has 0 aromatic rings. The van der Waals surface area contributed by atoms with Gasteiger partial charge in [-0.25, -0.2) is 0 Å². The summed E-state index contributed by atoms with van der Waals surface area (Å²) in [4.78, 5) is 23.1. The van der Waals surface area contributed by atoms with E-state index in [2.05, 4.69) is 20.8 Å². The van der Waals surface area contributed by atoms with Gasteiger partial charge >= 0.3 is 11.9 Å². The minimum Gasteiger partial charge on any atom is -0.481 e. The van der Waals surface area contributed by atoms with Gasteiger partial charge in [0.05, 0.1) is 11.8 Å². The Kier molecular flexibility index (Phi) is 7.03. The van der Waals surface area contributed by atoms with Gasteiger partial charge in [0.2, 0.25) is 0 Å². The number of aliphatic carboxylic acids is 1. The van der Waals surface area contributed by atoms with Crippen molar-refractivity contribution in [3.05, 3.63) is 0 Å². The van der Waals surface area contributed by atoms with Crippen LogP contribution >= 0.6 is 0 Å². The van der Waals surface area contributed by atoms with Crippen LogP contribution in [0.1, 0.15) is 65.7 Å². The molecule has 1 aliphatic rings. The molecule has 0 saturated heterocycles. The Hall–Kier alpha value is -1.06. The summed E-state index contributed by atoms with van der Waals surface area (Å²) < 4.78 is 5.66. The van der Waals surface area contributed by atoms with E-state index in [4.69, 9.17) is 9.84 Å². The smallest absolute Gasteiger partial charge is 0.309 e. The van der Waals surface area contributed by atoms with Crippen molar-refractivity contribution in [3.8, 4) is 0 Å². The molecule has 0 spiro atoms. The number of rotatable bonds is 7. The fourth-order valence-electron chi connectivity index (χ4n) is 2.76. The molecule has 116 valence electrons. The van der Waals surface area contributed by atoms with Crippen LogP contribution in [-0.4, -0.2) is 23.1 Å². The predicted octanol–water partition coefficient (Wildman–Crippen LogP) is 3.64. The molecular weight excluding hydrogens is 256 g/mol. The summed E-state index contributed by atoms with van der Waals surface area (Å²) in [5.74, 6) is -0.905. The van der Waals surface area contributed by atoms with Gasteiger partial charge in [-0.1, -0.05) is 33.6 Å². The summed E-state index contributed by atoms with van der Waals surface area (Å²) in [7, 11) is 0. The number of carbonyl (C=O) groups is 2. The van der Waals surface area contributed by atoms with E-state index in [1.165, 1.54) is 0 Å². The van der Waals surface area contributed by atoms with Gasteiger partial charge in [0.1, 0.15) is 6.10 Å². The van der Waals surface area contributed by atoms with E-state index in [9.17, 15) is 9.59 Å². The Morgan fingerprint density at radius 1 is 1.15 bits per heavy atom. The van der Waals surface area contributed by atoms with E-state index in [1.54, 1.807) is 0 Å². The third-order valence-corrected chi connectivity index (χ3v) is 4.26. The van der Waals surface area contributed by atoms with Crippen LogP contribution in [-0.2, 0) is 14.3 Å². The highest BCUT2D eigenvalue weighted by molar-refractivity contribution is 5.74. The van der Waals surface area contributed by atoms with Crippen molar-refractivity contribution < 1.29 is 19.4 Å². The first-order valence-electron chi connectivity index (χ1n) is 7.89. The standard InChI is InChI=1S/C16H28O4/c1-4-5-6-14(11(2)3)20-16(19)13-9-7-12(8-10-13)15(17)18/h11-14H,4-10H2,1-3H3,(H,17,18). The van der Waals surface area contributed by atoms with Crippen molar-refractivity contribution in [1.82, 2.24) is 0 Å². The number of ether oxygens (including phenoxy) is 1. The van der Waals surface area contributed by atoms with Crippen molar-refractivity contribution in [3.63, 3.8) is 0 Å². The zero-order valence-corrected chi connectivity index (χ0v) is 12.9. The second kappa shape index (κ2) is 8.28. The summed E-state index contributed by atoms with van der Waals surface area (Å²) in [6.45, 7) is 6.29. The summed E-state index contributed by atoms with van der Waals surface area (Å²) in [6.07, 6.45) is 5.58. The lowest BCUT2D eigenvalue weighted by Gasteiger charge is -2.28. The van der Waals surface area contributed by atoms with Crippen LogP contribution in [0.25, 0.3) is 0 Å². The van der Waals surface area contributed by atoms with Crippen molar-refractivity contribution in [2.45, 2.75) is 71.8 Å². The van der Waals surface area contributed by atoms with Crippen LogP contribution in [0.15, 0.2) is 0 Å². The van der Waals surface area contributed by atoms with E-state index >= 15 is 0 Å². The summed E-state index contributed by atoms with van der Waals surface area (Å²) >= 11 is 0. The zero-order chi connectivity index (χ0) is 15.1. The van der Waals surface area contributed by atoms with E-state index in [0.717, 1.165) is 19.3 Å². The van der Waals surface area contributed by atoms with Crippen molar-refractivity contribution >= 4 is 11.9 Å². The minimum atomic E-state index is -0.736. The molecule has 0 radical (unpaired) electrons. The summed E-state index contributed by atoms with van der Waals surface area (Å²) in [5, 5.41) is 8.96. The molecular formula is C16H28O4. The SMILES string of the molecule is CCCCC(OC(=O)C1CCC(C(=O)O)CC1)C(C)C. The zero-order valence-electron chi connectivity index (χ0n) is 12.9. The molecule has 4 heteroatoms. The van der Waals surface area contributed by atoms with Gasteiger partial charge in [-0.05, 0) is 38.0 Å². The van der Waals surface area contributed by atoms with E-state index in [1.807, 2.05) is 0 Å². The molecule has 1 atom stereocenters. The molecule has 20 heavy (non-hydrogen) atoms. The van der Waals surface area contributed by atoms with Gasteiger partial charge < -0.3 is 9.84 Å². The summed E-state index contributed by atoms with van der Waals surface area (Å²) in [6, 6.07) is 0. The average Bonchev–Trinajstić information content (AvgIpc) is 2.42. The molecule has 0 aromatic heterocycles. The second-order valence-electron chi connectivity index (χ2n) is 6.25. The largest absolute Gasteiger partial charge is 0.481 e. The van der Waals surface area contributed by atoms with Crippen molar-refractivity contribution in [2.24, 2.45) is 17.8 Å². The fourth-order valence-corrected chi connectivity index (χ4v) is 2.76. The Morgan fingerprint density at radius 2 is 1.70 bits per heavy atom. The monoisotopic (exact) mass is 284 g/mol.